The SMILES string of the molecule is CC(C)(N)C(=O)N1CCN(Cc2nc(-c3ccc(Cl)cc3)no2)CC1.Cl.Cl. The molecule has 0 aliphatic carbocycles. The molecular formula is C17H24Cl3N5O2. The van der Waals surface area contributed by atoms with Crippen molar-refractivity contribution < 1.29 is 9.32 Å². The zero-order valence-electron chi connectivity index (χ0n) is 15.2. The lowest BCUT2D eigenvalue weighted by atomic mass is 10.0. The van der Waals surface area contributed by atoms with Gasteiger partial charge >= 0.3 is 0 Å². The van der Waals surface area contributed by atoms with Crippen LogP contribution in [0.5, 0.6) is 0 Å². The summed E-state index contributed by atoms with van der Waals surface area (Å²) >= 11 is 5.89. The van der Waals surface area contributed by atoms with Gasteiger partial charge in [0.1, 0.15) is 0 Å². The van der Waals surface area contributed by atoms with Gasteiger partial charge in [0.2, 0.25) is 17.6 Å². The average Bonchev–Trinajstić information content (AvgIpc) is 3.03. The number of halogens is 3. The maximum absolute atomic E-state index is 12.2. The molecule has 0 atom stereocenters. The van der Waals surface area contributed by atoms with Crippen molar-refractivity contribution in [2.75, 3.05) is 26.2 Å². The molecular weight excluding hydrogens is 413 g/mol. The highest BCUT2D eigenvalue weighted by Crippen LogP contribution is 2.19. The number of carbonyl (C=O) groups is 1. The molecule has 2 N–H and O–H groups in total. The fourth-order valence-electron chi connectivity index (χ4n) is 2.74. The van der Waals surface area contributed by atoms with E-state index >= 15 is 0 Å². The lowest BCUT2D eigenvalue weighted by Crippen LogP contribution is -2.56. The molecule has 1 fully saturated rings. The van der Waals surface area contributed by atoms with Crippen LogP contribution in [0.2, 0.25) is 5.02 Å². The number of aromatic nitrogens is 2. The first-order valence-corrected chi connectivity index (χ1v) is 8.60. The van der Waals surface area contributed by atoms with Crippen molar-refractivity contribution in [3.05, 3.63) is 35.2 Å². The molecule has 0 saturated carbocycles. The highest BCUT2D eigenvalue weighted by molar-refractivity contribution is 6.30. The van der Waals surface area contributed by atoms with E-state index in [0.29, 0.717) is 36.4 Å². The Hall–Kier alpha value is -1.38. The van der Waals surface area contributed by atoms with Gasteiger partial charge in [0.25, 0.3) is 0 Å². The number of benzene rings is 1. The first-order chi connectivity index (χ1) is 11.8. The first kappa shape index (κ1) is 23.7. The molecule has 10 heteroatoms. The molecule has 0 radical (unpaired) electrons. The van der Waals surface area contributed by atoms with Gasteiger partial charge < -0.3 is 15.2 Å². The predicted molar refractivity (Wildman–Crippen MR) is 109 cm³/mol. The Morgan fingerprint density at radius 1 is 1.19 bits per heavy atom. The summed E-state index contributed by atoms with van der Waals surface area (Å²) in [5.74, 6) is 1.09. The largest absolute Gasteiger partial charge is 0.339 e. The maximum atomic E-state index is 12.2. The van der Waals surface area contributed by atoms with E-state index in [0.717, 1.165) is 18.7 Å². The predicted octanol–water partition coefficient (Wildman–Crippen LogP) is 2.62. The van der Waals surface area contributed by atoms with Crippen molar-refractivity contribution in [3.8, 4) is 11.4 Å². The zero-order chi connectivity index (χ0) is 18.0. The van der Waals surface area contributed by atoms with Gasteiger partial charge in [0.15, 0.2) is 0 Å². The number of nitrogens with zero attached hydrogens (tertiary/aromatic N) is 4. The number of piperazine rings is 1. The number of amides is 1. The number of carbonyl (C=O) groups excluding carboxylic acids is 1. The van der Waals surface area contributed by atoms with Crippen molar-refractivity contribution >= 4 is 42.3 Å². The summed E-state index contributed by atoms with van der Waals surface area (Å²) in [5.41, 5.74) is 5.92. The van der Waals surface area contributed by atoms with Crippen LogP contribution in [-0.2, 0) is 11.3 Å². The summed E-state index contributed by atoms with van der Waals surface area (Å²) in [6.45, 7) is 6.84. The third kappa shape index (κ3) is 6.05. The fraction of sp³-hybridized carbons (Fsp3) is 0.471. The highest BCUT2D eigenvalue weighted by atomic mass is 35.5. The van der Waals surface area contributed by atoms with Crippen molar-refractivity contribution in [1.29, 1.82) is 0 Å². The molecule has 1 amide bonds. The van der Waals surface area contributed by atoms with Crippen LogP contribution < -0.4 is 5.73 Å². The fourth-order valence-corrected chi connectivity index (χ4v) is 2.87. The summed E-state index contributed by atoms with van der Waals surface area (Å²) in [6, 6.07) is 7.30. The molecule has 0 unspecified atom stereocenters. The molecule has 27 heavy (non-hydrogen) atoms. The molecule has 1 aromatic carbocycles. The number of rotatable bonds is 4. The molecule has 1 saturated heterocycles. The molecule has 1 aromatic heterocycles. The van der Waals surface area contributed by atoms with Gasteiger partial charge in [-0.1, -0.05) is 16.8 Å². The second-order valence-electron chi connectivity index (χ2n) is 6.81. The maximum Gasteiger partial charge on any atom is 0.242 e. The average molecular weight is 437 g/mol. The number of hydrogen-bond donors (Lipinski definition) is 1. The molecule has 7 nitrogen and oxygen atoms in total. The Labute approximate surface area is 176 Å². The standard InChI is InChI=1S/C17H22ClN5O2.2ClH/c1-17(2,19)16(24)23-9-7-22(8-10-23)11-14-20-15(21-25-14)12-3-5-13(18)6-4-12;;/h3-6H,7-11,19H2,1-2H3;2*1H. The minimum atomic E-state index is -0.831. The third-order valence-electron chi connectivity index (χ3n) is 4.14. The smallest absolute Gasteiger partial charge is 0.242 e. The highest BCUT2D eigenvalue weighted by Gasteiger charge is 2.30. The van der Waals surface area contributed by atoms with Gasteiger partial charge in [-0.3, -0.25) is 9.69 Å². The van der Waals surface area contributed by atoms with Crippen molar-refractivity contribution in [2.45, 2.75) is 25.9 Å². The van der Waals surface area contributed by atoms with Gasteiger partial charge in [-0.25, -0.2) is 0 Å². The van der Waals surface area contributed by atoms with Crippen molar-refractivity contribution in [2.24, 2.45) is 5.73 Å². The van der Waals surface area contributed by atoms with E-state index in [1.807, 2.05) is 17.0 Å². The normalized spacial score (nSPS) is 15.0. The van der Waals surface area contributed by atoms with Crippen LogP contribution in [0, 0.1) is 0 Å². The Kier molecular flexibility index (Phi) is 8.50. The van der Waals surface area contributed by atoms with Gasteiger partial charge in [-0.15, -0.1) is 24.8 Å². The van der Waals surface area contributed by atoms with E-state index in [4.69, 9.17) is 21.9 Å². The molecule has 2 heterocycles. The van der Waals surface area contributed by atoms with Gasteiger partial charge in [-0.2, -0.15) is 4.98 Å². The van der Waals surface area contributed by atoms with Crippen LogP contribution in [0.15, 0.2) is 28.8 Å². The minimum absolute atomic E-state index is 0. The van der Waals surface area contributed by atoms with Gasteiger partial charge in [-0.05, 0) is 38.1 Å². The Morgan fingerprint density at radius 3 is 2.33 bits per heavy atom. The van der Waals surface area contributed by atoms with E-state index in [-0.39, 0.29) is 30.7 Å². The van der Waals surface area contributed by atoms with Crippen molar-refractivity contribution in [3.63, 3.8) is 0 Å². The van der Waals surface area contributed by atoms with Crippen LogP contribution in [0.25, 0.3) is 11.4 Å². The Morgan fingerprint density at radius 2 is 1.78 bits per heavy atom. The lowest BCUT2D eigenvalue weighted by molar-refractivity contribution is -0.137. The monoisotopic (exact) mass is 435 g/mol. The summed E-state index contributed by atoms with van der Waals surface area (Å²) in [7, 11) is 0. The topological polar surface area (TPSA) is 88.5 Å². The summed E-state index contributed by atoms with van der Waals surface area (Å²) in [6.07, 6.45) is 0. The van der Waals surface area contributed by atoms with Crippen LogP contribution in [0.3, 0.4) is 0 Å². The number of nitrogens with two attached hydrogens (primary N) is 1. The van der Waals surface area contributed by atoms with E-state index in [1.165, 1.54) is 0 Å². The third-order valence-corrected chi connectivity index (χ3v) is 4.39. The molecule has 150 valence electrons. The van der Waals surface area contributed by atoms with Crippen LogP contribution in [0.1, 0.15) is 19.7 Å². The summed E-state index contributed by atoms with van der Waals surface area (Å²) in [5, 5.41) is 4.69. The number of hydrogen-bond acceptors (Lipinski definition) is 6. The molecule has 0 bridgehead atoms. The van der Waals surface area contributed by atoms with Crippen molar-refractivity contribution in [1.82, 2.24) is 19.9 Å². The van der Waals surface area contributed by atoms with E-state index in [9.17, 15) is 4.79 Å². The summed E-state index contributed by atoms with van der Waals surface area (Å²) in [4.78, 5) is 20.6. The first-order valence-electron chi connectivity index (χ1n) is 8.22. The van der Waals surface area contributed by atoms with Crippen LogP contribution in [0.4, 0.5) is 0 Å². The molecule has 0 spiro atoms. The minimum Gasteiger partial charge on any atom is -0.339 e. The quantitative estimate of drug-likeness (QED) is 0.792. The second-order valence-corrected chi connectivity index (χ2v) is 7.25. The molecule has 2 aromatic rings. The Balaban J connectivity index is 0.00000182. The van der Waals surface area contributed by atoms with Crippen LogP contribution >= 0.6 is 36.4 Å². The molecule has 1 aliphatic heterocycles. The van der Waals surface area contributed by atoms with E-state index in [1.54, 1.807) is 26.0 Å². The second kappa shape index (κ2) is 9.71. The van der Waals surface area contributed by atoms with E-state index in [2.05, 4.69) is 15.0 Å². The Bertz CT molecular complexity index is 738. The van der Waals surface area contributed by atoms with Crippen LogP contribution in [-0.4, -0.2) is 57.6 Å². The molecule has 3 rings (SSSR count). The summed E-state index contributed by atoms with van der Waals surface area (Å²) < 4.78 is 5.34. The zero-order valence-corrected chi connectivity index (χ0v) is 17.6. The van der Waals surface area contributed by atoms with E-state index < -0.39 is 5.54 Å². The van der Waals surface area contributed by atoms with Gasteiger partial charge in [0.05, 0.1) is 12.1 Å². The molecule has 1 aliphatic rings. The lowest BCUT2D eigenvalue weighted by Gasteiger charge is -2.36. The van der Waals surface area contributed by atoms with Gasteiger partial charge in [0, 0.05) is 36.8 Å².